The number of ether oxygens (including phenoxy) is 1. The minimum atomic E-state index is -0.252. The molecule has 1 fully saturated rings. The first-order valence-corrected chi connectivity index (χ1v) is 8.81. The highest BCUT2D eigenvalue weighted by molar-refractivity contribution is 5.78. The van der Waals surface area contributed by atoms with Gasteiger partial charge in [0.1, 0.15) is 5.82 Å². The average molecular weight is 359 g/mol. The van der Waals surface area contributed by atoms with Crippen LogP contribution in [0.5, 0.6) is 0 Å². The van der Waals surface area contributed by atoms with Crippen LogP contribution in [0.2, 0.25) is 0 Å². The zero-order valence-electron chi connectivity index (χ0n) is 14.7. The Labute approximate surface area is 151 Å². The molecule has 2 aromatic rings. The summed E-state index contributed by atoms with van der Waals surface area (Å²) in [5.74, 6) is -0.167. The normalized spacial score (nSPS) is 22.2. The summed E-state index contributed by atoms with van der Waals surface area (Å²) in [6.07, 6.45) is 2.51. The minimum absolute atomic E-state index is 0.0377. The van der Waals surface area contributed by atoms with Crippen LogP contribution >= 0.6 is 0 Å². The Morgan fingerprint density at radius 2 is 2.19 bits per heavy atom. The lowest BCUT2D eigenvalue weighted by Gasteiger charge is -2.41. The van der Waals surface area contributed by atoms with E-state index in [1.165, 1.54) is 12.1 Å². The molecule has 1 aromatic carbocycles. The van der Waals surface area contributed by atoms with E-state index in [4.69, 9.17) is 4.74 Å². The zero-order valence-corrected chi connectivity index (χ0v) is 14.7. The largest absolute Gasteiger partial charge is 0.368 e. The first-order chi connectivity index (χ1) is 12.6. The third kappa shape index (κ3) is 3.47. The molecule has 1 aromatic heterocycles. The molecule has 0 aliphatic carbocycles. The molecule has 1 saturated heterocycles. The second kappa shape index (κ2) is 7.13. The monoisotopic (exact) mass is 359 g/mol. The molecule has 7 nitrogen and oxygen atoms in total. The van der Waals surface area contributed by atoms with E-state index in [2.05, 4.69) is 10.3 Å². The highest BCUT2D eigenvalue weighted by Gasteiger charge is 2.37. The van der Waals surface area contributed by atoms with Crippen molar-refractivity contribution in [1.29, 1.82) is 0 Å². The summed E-state index contributed by atoms with van der Waals surface area (Å²) in [6.45, 7) is 2.68. The van der Waals surface area contributed by atoms with Crippen molar-refractivity contribution in [2.24, 2.45) is 0 Å². The Bertz CT molecular complexity index is 778. The summed E-state index contributed by atoms with van der Waals surface area (Å²) < 4.78 is 20.8. The van der Waals surface area contributed by atoms with Gasteiger partial charge in [-0.2, -0.15) is 0 Å². The van der Waals surface area contributed by atoms with Crippen LogP contribution < -0.4 is 0 Å². The molecule has 8 heteroatoms. The van der Waals surface area contributed by atoms with Crippen LogP contribution in [-0.2, 0) is 22.7 Å². The van der Waals surface area contributed by atoms with Crippen LogP contribution in [0, 0.1) is 5.82 Å². The number of aromatic nitrogens is 3. The molecule has 4 rings (SSSR count). The quantitative estimate of drug-likeness (QED) is 0.821. The molecule has 3 heterocycles. The number of carbonyl (C=O) groups is 1. The van der Waals surface area contributed by atoms with E-state index in [9.17, 15) is 9.18 Å². The maximum absolute atomic E-state index is 13.0. The predicted octanol–water partition coefficient (Wildman–Crippen LogP) is 1.22. The van der Waals surface area contributed by atoms with Crippen LogP contribution in [-0.4, -0.2) is 63.5 Å². The third-order valence-corrected chi connectivity index (χ3v) is 5.06. The molecule has 2 aliphatic heterocycles. The average Bonchev–Trinajstić information content (AvgIpc) is 3.12. The lowest BCUT2D eigenvalue weighted by atomic mass is 10.00. The molecule has 26 heavy (non-hydrogen) atoms. The molecule has 1 amide bonds. The molecule has 0 spiro atoms. The summed E-state index contributed by atoms with van der Waals surface area (Å²) in [5, 5.41) is 8.12. The van der Waals surface area contributed by atoms with Gasteiger partial charge in [0, 0.05) is 19.6 Å². The number of likely N-dealkylation sites (N-methyl/N-ethyl adjacent to an activating group) is 1. The Kier molecular flexibility index (Phi) is 4.69. The maximum atomic E-state index is 13.0. The van der Waals surface area contributed by atoms with Crippen LogP contribution in [0.15, 0.2) is 30.5 Å². The molecule has 0 saturated carbocycles. The number of piperidine rings is 1. The van der Waals surface area contributed by atoms with Gasteiger partial charge < -0.3 is 9.64 Å². The van der Waals surface area contributed by atoms with Crippen LogP contribution in [0.25, 0.3) is 0 Å². The Hall–Kier alpha value is -2.32. The maximum Gasteiger partial charge on any atom is 0.236 e. The van der Waals surface area contributed by atoms with Crippen molar-refractivity contribution in [1.82, 2.24) is 24.8 Å². The van der Waals surface area contributed by atoms with Crippen molar-refractivity contribution in [3.8, 4) is 0 Å². The van der Waals surface area contributed by atoms with Crippen LogP contribution in [0.1, 0.15) is 23.7 Å². The SMILES string of the molecule is CN(CC(=O)N1CC[C@H]2[C@H](C1)OCc1cnnn12)Cc1ccc(F)cc1. The third-order valence-electron chi connectivity index (χ3n) is 5.06. The molecule has 0 bridgehead atoms. The van der Waals surface area contributed by atoms with E-state index in [1.807, 2.05) is 21.5 Å². The number of carbonyl (C=O) groups excluding carboxylic acids is 1. The van der Waals surface area contributed by atoms with Gasteiger partial charge in [0.2, 0.25) is 5.91 Å². The number of rotatable bonds is 4. The van der Waals surface area contributed by atoms with Gasteiger partial charge in [-0.3, -0.25) is 9.69 Å². The van der Waals surface area contributed by atoms with Gasteiger partial charge in [-0.1, -0.05) is 17.3 Å². The Morgan fingerprint density at radius 3 is 3.00 bits per heavy atom. The summed E-state index contributed by atoms with van der Waals surface area (Å²) in [4.78, 5) is 16.5. The van der Waals surface area contributed by atoms with Gasteiger partial charge in [-0.15, -0.1) is 5.10 Å². The van der Waals surface area contributed by atoms with E-state index >= 15 is 0 Å². The highest BCUT2D eigenvalue weighted by atomic mass is 19.1. The van der Waals surface area contributed by atoms with Gasteiger partial charge in [0.05, 0.1) is 37.2 Å². The van der Waals surface area contributed by atoms with Gasteiger partial charge >= 0.3 is 0 Å². The van der Waals surface area contributed by atoms with Gasteiger partial charge in [-0.25, -0.2) is 9.07 Å². The lowest BCUT2D eigenvalue weighted by molar-refractivity contribution is -0.140. The molecule has 2 aliphatic rings. The van der Waals surface area contributed by atoms with Crippen molar-refractivity contribution in [3.63, 3.8) is 0 Å². The van der Waals surface area contributed by atoms with Crippen molar-refractivity contribution in [3.05, 3.63) is 47.5 Å². The second-order valence-electron chi connectivity index (χ2n) is 7.01. The summed E-state index contributed by atoms with van der Waals surface area (Å²) in [7, 11) is 1.90. The number of halogens is 1. The second-order valence-corrected chi connectivity index (χ2v) is 7.01. The van der Waals surface area contributed by atoms with Crippen molar-refractivity contribution in [2.75, 3.05) is 26.7 Å². The number of hydrogen-bond acceptors (Lipinski definition) is 5. The van der Waals surface area contributed by atoms with Crippen molar-refractivity contribution < 1.29 is 13.9 Å². The van der Waals surface area contributed by atoms with E-state index in [1.54, 1.807) is 18.3 Å². The Balaban J connectivity index is 1.32. The first-order valence-electron chi connectivity index (χ1n) is 8.81. The van der Waals surface area contributed by atoms with Crippen LogP contribution in [0.3, 0.4) is 0 Å². The van der Waals surface area contributed by atoms with Crippen molar-refractivity contribution in [2.45, 2.75) is 31.7 Å². The standard InChI is InChI=1S/C18H22FN5O2/c1-22(9-13-2-4-14(19)5-3-13)11-18(25)23-7-6-16-17(10-23)26-12-15-8-20-21-24(15)16/h2-5,8,16-17H,6-7,9-12H2,1H3/t16-,17-/m0/s1. The number of likely N-dealkylation sites (tertiary alicyclic amines) is 1. The number of amides is 1. The zero-order chi connectivity index (χ0) is 18.1. The van der Waals surface area contributed by atoms with E-state index < -0.39 is 0 Å². The topological polar surface area (TPSA) is 63.5 Å². The molecule has 0 radical (unpaired) electrons. The molecular formula is C18H22FN5O2. The summed E-state index contributed by atoms with van der Waals surface area (Å²) >= 11 is 0. The number of nitrogens with zero attached hydrogens (tertiary/aromatic N) is 5. The summed E-state index contributed by atoms with van der Waals surface area (Å²) in [6, 6.07) is 6.52. The van der Waals surface area contributed by atoms with Crippen molar-refractivity contribution >= 4 is 5.91 Å². The number of benzene rings is 1. The smallest absolute Gasteiger partial charge is 0.236 e. The Morgan fingerprint density at radius 1 is 1.38 bits per heavy atom. The number of hydrogen-bond donors (Lipinski definition) is 0. The first kappa shape index (κ1) is 17.1. The van der Waals surface area contributed by atoms with Crippen LogP contribution in [0.4, 0.5) is 4.39 Å². The predicted molar refractivity (Wildman–Crippen MR) is 91.6 cm³/mol. The van der Waals surface area contributed by atoms with E-state index in [0.29, 0.717) is 32.8 Å². The van der Waals surface area contributed by atoms with E-state index in [-0.39, 0.29) is 23.9 Å². The summed E-state index contributed by atoms with van der Waals surface area (Å²) in [5.41, 5.74) is 1.97. The van der Waals surface area contributed by atoms with Gasteiger partial charge in [-0.05, 0) is 31.2 Å². The van der Waals surface area contributed by atoms with Gasteiger partial charge in [0.25, 0.3) is 0 Å². The van der Waals surface area contributed by atoms with Gasteiger partial charge in [0.15, 0.2) is 0 Å². The molecule has 2 atom stereocenters. The fourth-order valence-electron chi connectivity index (χ4n) is 3.70. The fraction of sp³-hybridized carbons (Fsp3) is 0.500. The molecule has 0 N–H and O–H groups in total. The highest BCUT2D eigenvalue weighted by Crippen LogP contribution is 2.30. The lowest BCUT2D eigenvalue weighted by Crippen LogP contribution is -2.52. The minimum Gasteiger partial charge on any atom is -0.368 e. The fourth-order valence-corrected chi connectivity index (χ4v) is 3.70. The molecule has 138 valence electrons. The molecule has 0 unspecified atom stereocenters. The van der Waals surface area contributed by atoms with E-state index in [0.717, 1.165) is 17.7 Å². The number of fused-ring (bicyclic) bond motifs is 3. The molecular weight excluding hydrogens is 337 g/mol.